The number of benzene rings is 2. The standard InChI is InChI=1S/C25H34N4O3/c1-16-8-10-21(11-9-16)26-22(30)15-29(7)25(32)20(5)28(6)14-23(31)27-24-18(3)12-17(2)13-19(24)4/h8-13,20H,14-15H2,1-7H3,(H,26,30)(H,27,31)/t20-/m0/s1. The van der Waals surface area contributed by atoms with Gasteiger partial charge in [-0.25, -0.2) is 0 Å². The normalized spacial score (nSPS) is 11.8. The summed E-state index contributed by atoms with van der Waals surface area (Å²) in [6.07, 6.45) is 0. The maximum absolute atomic E-state index is 12.8. The Hall–Kier alpha value is -3.19. The number of anilines is 2. The molecule has 2 aromatic rings. The molecule has 0 fully saturated rings. The van der Waals surface area contributed by atoms with Crippen LogP contribution in [0, 0.1) is 27.7 Å². The molecule has 2 aromatic carbocycles. The summed E-state index contributed by atoms with van der Waals surface area (Å²) >= 11 is 0. The Labute approximate surface area is 190 Å². The first-order valence-electron chi connectivity index (χ1n) is 10.7. The number of carbonyl (C=O) groups is 3. The molecule has 0 unspecified atom stereocenters. The van der Waals surface area contributed by atoms with Crippen molar-refractivity contribution in [1.82, 2.24) is 9.80 Å². The lowest BCUT2D eigenvalue weighted by atomic mass is 10.1. The van der Waals surface area contributed by atoms with Crippen molar-refractivity contribution in [3.8, 4) is 0 Å². The van der Waals surface area contributed by atoms with E-state index in [1.807, 2.05) is 64.1 Å². The number of carbonyl (C=O) groups excluding carboxylic acids is 3. The Balaban J connectivity index is 1.89. The van der Waals surface area contributed by atoms with Crippen molar-refractivity contribution in [3.05, 3.63) is 58.7 Å². The number of nitrogens with one attached hydrogen (secondary N) is 2. The molecule has 0 aliphatic heterocycles. The maximum Gasteiger partial charge on any atom is 0.243 e. The van der Waals surface area contributed by atoms with Crippen molar-refractivity contribution in [2.75, 3.05) is 37.8 Å². The molecule has 0 bridgehead atoms. The predicted molar refractivity (Wildman–Crippen MR) is 129 cm³/mol. The lowest BCUT2D eigenvalue weighted by molar-refractivity contribution is -0.137. The lowest BCUT2D eigenvalue weighted by Crippen LogP contribution is -2.48. The van der Waals surface area contributed by atoms with Gasteiger partial charge in [-0.15, -0.1) is 0 Å². The summed E-state index contributed by atoms with van der Waals surface area (Å²) in [7, 11) is 3.30. The van der Waals surface area contributed by atoms with E-state index in [0.29, 0.717) is 5.69 Å². The highest BCUT2D eigenvalue weighted by atomic mass is 16.2. The van der Waals surface area contributed by atoms with Crippen LogP contribution >= 0.6 is 0 Å². The summed E-state index contributed by atoms with van der Waals surface area (Å²) < 4.78 is 0. The molecule has 2 N–H and O–H groups in total. The molecule has 0 aliphatic carbocycles. The molecule has 0 heterocycles. The van der Waals surface area contributed by atoms with E-state index < -0.39 is 6.04 Å². The van der Waals surface area contributed by atoms with Gasteiger partial charge in [0.25, 0.3) is 0 Å². The van der Waals surface area contributed by atoms with E-state index in [4.69, 9.17) is 0 Å². The zero-order valence-corrected chi connectivity index (χ0v) is 20.1. The molecular formula is C25H34N4O3. The van der Waals surface area contributed by atoms with E-state index in [1.165, 1.54) is 4.90 Å². The molecule has 7 nitrogen and oxygen atoms in total. The Kier molecular flexibility index (Phi) is 8.55. The van der Waals surface area contributed by atoms with E-state index in [0.717, 1.165) is 27.9 Å². The Morgan fingerprint density at radius 2 is 1.34 bits per heavy atom. The molecule has 172 valence electrons. The van der Waals surface area contributed by atoms with Crippen molar-refractivity contribution in [2.45, 2.75) is 40.7 Å². The smallest absolute Gasteiger partial charge is 0.243 e. The fourth-order valence-corrected chi connectivity index (χ4v) is 3.56. The van der Waals surface area contributed by atoms with Crippen LogP contribution in [0.15, 0.2) is 36.4 Å². The Morgan fingerprint density at radius 3 is 1.91 bits per heavy atom. The van der Waals surface area contributed by atoms with Crippen LogP contribution in [0.3, 0.4) is 0 Å². The third-order valence-electron chi connectivity index (χ3n) is 5.45. The third-order valence-corrected chi connectivity index (χ3v) is 5.45. The molecule has 3 amide bonds. The first kappa shape index (κ1) is 25.1. The van der Waals surface area contributed by atoms with E-state index in [2.05, 4.69) is 10.6 Å². The average molecular weight is 439 g/mol. The minimum atomic E-state index is -0.557. The summed E-state index contributed by atoms with van der Waals surface area (Å²) in [6.45, 7) is 9.63. The number of hydrogen-bond donors (Lipinski definition) is 2. The Bertz CT molecular complexity index is 962. The largest absolute Gasteiger partial charge is 0.335 e. The molecule has 7 heteroatoms. The van der Waals surface area contributed by atoms with Gasteiger partial charge in [0.2, 0.25) is 17.7 Å². The molecule has 0 aliphatic rings. The van der Waals surface area contributed by atoms with E-state index in [-0.39, 0.29) is 30.8 Å². The van der Waals surface area contributed by atoms with Gasteiger partial charge >= 0.3 is 0 Å². The molecular weight excluding hydrogens is 404 g/mol. The van der Waals surface area contributed by atoms with Gasteiger partial charge in [0, 0.05) is 18.4 Å². The van der Waals surface area contributed by atoms with Gasteiger partial charge in [-0.2, -0.15) is 0 Å². The third kappa shape index (κ3) is 6.92. The van der Waals surface area contributed by atoms with Crippen LogP contribution in [0.25, 0.3) is 0 Å². The van der Waals surface area contributed by atoms with Crippen LogP contribution in [0.5, 0.6) is 0 Å². The monoisotopic (exact) mass is 438 g/mol. The summed E-state index contributed by atoms with van der Waals surface area (Å²) in [5.41, 5.74) is 5.74. The van der Waals surface area contributed by atoms with Crippen molar-refractivity contribution < 1.29 is 14.4 Å². The molecule has 0 saturated carbocycles. The van der Waals surface area contributed by atoms with Crippen molar-refractivity contribution in [1.29, 1.82) is 0 Å². The first-order valence-corrected chi connectivity index (χ1v) is 10.7. The van der Waals surface area contributed by atoms with Gasteiger partial charge < -0.3 is 15.5 Å². The summed E-state index contributed by atoms with van der Waals surface area (Å²) in [5.74, 6) is -0.702. The highest BCUT2D eigenvalue weighted by Gasteiger charge is 2.24. The number of amides is 3. The van der Waals surface area contributed by atoms with Gasteiger partial charge in [0.05, 0.1) is 19.1 Å². The van der Waals surface area contributed by atoms with Crippen molar-refractivity contribution in [3.63, 3.8) is 0 Å². The fraction of sp³-hybridized carbons (Fsp3) is 0.400. The van der Waals surface area contributed by atoms with Crippen LogP contribution < -0.4 is 10.6 Å². The van der Waals surface area contributed by atoms with Crippen LogP contribution in [-0.2, 0) is 14.4 Å². The SMILES string of the molecule is Cc1ccc(NC(=O)CN(C)C(=O)[C@H](C)N(C)CC(=O)Nc2c(C)cc(C)cc2C)cc1. The van der Waals surface area contributed by atoms with Gasteiger partial charge in [-0.3, -0.25) is 19.3 Å². The highest BCUT2D eigenvalue weighted by Crippen LogP contribution is 2.21. The first-order chi connectivity index (χ1) is 15.0. The van der Waals surface area contributed by atoms with Crippen LogP contribution in [0.1, 0.15) is 29.2 Å². The van der Waals surface area contributed by atoms with Crippen LogP contribution in [0.2, 0.25) is 0 Å². The van der Waals surface area contributed by atoms with E-state index >= 15 is 0 Å². The molecule has 0 saturated heterocycles. The minimum absolute atomic E-state index is 0.0586. The zero-order valence-electron chi connectivity index (χ0n) is 20.1. The van der Waals surface area contributed by atoms with Crippen molar-refractivity contribution in [2.24, 2.45) is 0 Å². The number of rotatable bonds is 8. The highest BCUT2D eigenvalue weighted by molar-refractivity contribution is 5.96. The van der Waals surface area contributed by atoms with Gasteiger partial charge in [0.1, 0.15) is 0 Å². The quantitative estimate of drug-likeness (QED) is 0.663. The molecule has 0 aromatic heterocycles. The van der Waals surface area contributed by atoms with Gasteiger partial charge in [-0.1, -0.05) is 35.4 Å². The molecule has 0 radical (unpaired) electrons. The second kappa shape index (κ2) is 10.9. The zero-order chi connectivity index (χ0) is 24.0. The van der Waals surface area contributed by atoms with E-state index in [1.54, 1.807) is 25.9 Å². The lowest BCUT2D eigenvalue weighted by Gasteiger charge is -2.27. The topological polar surface area (TPSA) is 81.8 Å². The maximum atomic E-state index is 12.8. The molecule has 0 spiro atoms. The number of hydrogen-bond acceptors (Lipinski definition) is 4. The van der Waals surface area contributed by atoms with Crippen LogP contribution in [0.4, 0.5) is 11.4 Å². The summed E-state index contributed by atoms with van der Waals surface area (Å²) in [4.78, 5) is 40.7. The number of likely N-dealkylation sites (N-methyl/N-ethyl adjacent to an activating group) is 2. The molecule has 32 heavy (non-hydrogen) atoms. The second-order valence-electron chi connectivity index (χ2n) is 8.52. The number of nitrogens with zero attached hydrogens (tertiary/aromatic N) is 2. The minimum Gasteiger partial charge on any atom is -0.335 e. The van der Waals surface area contributed by atoms with Crippen molar-refractivity contribution >= 4 is 29.1 Å². The second-order valence-corrected chi connectivity index (χ2v) is 8.52. The average Bonchev–Trinajstić information content (AvgIpc) is 2.71. The van der Waals surface area contributed by atoms with Crippen LogP contribution in [-0.4, -0.2) is 60.7 Å². The predicted octanol–water partition coefficient (Wildman–Crippen LogP) is 3.28. The number of aryl methyl sites for hydroxylation is 4. The summed E-state index contributed by atoms with van der Waals surface area (Å²) in [6, 6.07) is 10.9. The summed E-state index contributed by atoms with van der Waals surface area (Å²) in [5, 5.41) is 5.74. The molecule has 2 rings (SSSR count). The van der Waals surface area contributed by atoms with E-state index in [9.17, 15) is 14.4 Å². The molecule has 1 atom stereocenters. The van der Waals surface area contributed by atoms with Gasteiger partial charge in [0.15, 0.2) is 0 Å². The Morgan fingerprint density at radius 1 is 0.812 bits per heavy atom. The fourth-order valence-electron chi connectivity index (χ4n) is 3.56. The van der Waals surface area contributed by atoms with Gasteiger partial charge in [-0.05, 0) is 64.9 Å².